The second kappa shape index (κ2) is 8.66. The van der Waals surface area contributed by atoms with Gasteiger partial charge in [-0.1, -0.05) is 11.6 Å². The molecule has 0 aliphatic carbocycles. The van der Waals surface area contributed by atoms with Crippen LogP contribution >= 0.6 is 11.6 Å². The van der Waals surface area contributed by atoms with Crippen LogP contribution in [0.2, 0.25) is 5.02 Å². The summed E-state index contributed by atoms with van der Waals surface area (Å²) in [7, 11) is -3.56. The highest BCUT2D eigenvalue weighted by Crippen LogP contribution is 2.20. The number of anilines is 1. The molecule has 1 amide bonds. The van der Waals surface area contributed by atoms with Crippen molar-refractivity contribution in [3.63, 3.8) is 0 Å². The van der Waals surface area contributed by atoms with E-state index in [4.69, 9.17) is 16.3 Å². The fraction of sp³-hybridized carbons (Fsp3) is 0.533. The second-order valence-electron chi connectivity index (χ2n) is 5.71. The number of sulfonamides is 1. The van der Waals surface area contributed by atoms with Crippen LogP contribution in [0.25, 0.3) is 0 Å². The van der Waals surface area contributed by atoms with Crippen molar-refractivity contribution < 1.29 is 22.8 Å². The summed E-state index contributed by atoms with van der Waals surface area (Å²) in [5.41, 5.74) is 0.413. The molecule has 134 valence electrons. The smallest absolute Gasteiger partial charge is 0.240 e. The van der Waals surface area contributed by atoms with Crippen molar-refractivity contribution in [1.29, 1.82) is 0 Å². The molecule has 7 nitrogen and oxygen atoms in total. The summed E-state index contributed by atoms with van der Waals surface area (Å²) in [6.07, 6.45) is 1.08. The van der Waals surface area contributed by atoms with E-state index in [1.807, 2.05) is 0 Å². The molecule has 2 N–H and O–H groups in total. The average molecular weight is 377 g/mol. The van der Waals surface area contributed by atoms with Crippen LogP contribution in [-0.2, 0) is 19.6 Å². The van der Waals surface area contributed by atoms with E-state index in [-0.39, 0.29) is 12.5 Å². The van der Waals surface area contributed by atoms with Crippen LogP contribution in [0.5, 0.6) is 0 Å². The Kier molecular flexibility index (Phi) is 6.85. The van der Waals surface area contributed by atoms with Gasteiger partial charge in [-0.25, -0.2) is 8.42 Å². The first kappa shape index (κ1) is 19.0. The molecule has 1 aliphatic heterocycles. The van der Waals surface area contributed by atoms with Crippen LogP contribution in [0.3, 0.4) is 0 Å². The maximum Gasteiger partial charge on any atom is 0.240 e. The van der Waals surface area contributed by atoms with Crippen LogP contribution in [0.4, 0.5) is 5.69 Å². The third-order valence-electron chi connectivity index (χ3n) is 3.80. The van der Waals surface area contributed by atoms with Gasteiger partial charge in [0.15, 0.2) is 0 Å². The lowest BCUT2D eigenvalue weighted by Crippen LogP contribution is -3.14. The number of carbonyl (C=O) groups excluding carboxylic acids is 1. The Balaban J connectivity index is 1.89. The van der Waals surface area contributed by atoms with E-state index in [1.165, 1.54) is 4.90 Å². The Morgan fingerprint density at radius 2 is 1.92 bits per heavy atom. The fourth-order valence-corrected chi connectivity index (χ4v) is 3.46. The molecule has 2 rings (SSSR count). The minimum Gasteiger partial charge on any atom is -0.370 e. The molecule has 0 radical (unpaired) electrons. The van der Waals surface area contributed by atoms with Gasteiger partial charge in [-0.3, -0.25) is 9.10 Å². The first-order valence-electron chi connectivity index (χ1n) is 7.77. The molecule has 0 atom stereocenters. The lowest BCUT2D eigenvalue weighted by Gasteiger charge is -2.24. The van der Waals surface area contributed by atoms with Gasteiger partial charge in [-0.05, 0) is 24.3 Å². The predicted octanol–water partition coefficient (Wildman–Crippen LogP) is -0.863. The summed E-state index contributed by atoms with van der Waals surface area (Å²) in [5.74, 6) is -0.331. The SMILES string of the molecule is CS(=O)(=O)N(CC(=O)NCC[NH+]1CCOCC1)c1ccc(Cl)cc1. The number of hydrogen-bond acceptors (Lipinski definition) is 4. The second-order valence-corrected chi connectivity index (χ2v) is 8.05. The number of benzene rings is 1. The number of morpholine rings is 1. The third-order valence-corrected chi connectivity index (χ3v) is 5.20. The number of carbonyl (C=O) groups is 1. The number of halogens is 1. The van der Waals surface area contributed by atoms with Crippen LogP contribution in [0.1, 0.15) is 0 Å². The minimum atomic E-state index is -3.56. The van der Waals surface area contributed by atoms with E-state index in [2.05, 4.69) is 5.32 Å². The molecule has 1 aromatic rings. The highest BCUT2D eigenvalue weighted by atomic mass is 35.5. The standard InChI is InChI=1S/C15H22ClN3O4S/c1-24(21,22)19(14-4-2-13(16)3-5-14)12-15(20)17-6-7-18-8-10-23-11-9-18/h2-5H,6-12H2,1H3,(H,17,20)/p+1. The van der Waals surface area contributed by atoms with Crippen molar-refractivity contribution in [3.8, 4) is 0 Å². The molecule has 1 heterocycles. The Morgan fingerprint density at radius 1 is 1.29 bits per heavy atom. The van der Waals surface area contributed by atoms with Crippen LogP contribution in [0, 0.1) is 0 Å². The summed E-state index contributed by atoms with van der Waals surface area (Å²) >= 11 is 5.82. The molecule has 1 aromatic carbocycles. The van der Waals surface area contributed by atoms with Gasteiger partial charge in [0, 0.05) is 5.02 Å². The number of amides is 1. The maximum absolute atomic E-state index is 12.1. The van der Waals surface area contributed by atoms with Gasteiger partial charge in [-0.15, -0.1) is 0 Å². The molecule has 1 fully saturated rings. The van der Waals surface area contributed by atoms with Gasteiger partial charge in [-0.2, -0.15) is 0 Å². The average Bonchev–Trinajstić information content (AvgIpc) is 2.54. The van der Waals surface area contributed by atoms with Crippen LogP contribution < -0.4 is 14.5 Å². The largest absolute Gasteiger partial charge is 0.370 e. The number of ether oxygens (including phenoxy) is 1. The van der Waals surface area contributed by atoms with E-state index in [0.29, 0.717) is 17.3 Å². The van der Waals surface area contributed by atoms with Crippen molar-refractivity contribution in [2.75, 3.05) is 56.5 Å². The van der Waals surface area contributed by atoms with E-state index in [0.717, 1.165) is 43.4 Å². The van der Waals surface area contributed by atoms with Crippen molar-refractivity contribution in [2.24, 2.45) is 0 Å². The Labute approximate surface area is 147 Å². The number of hydrogen-bond donors (Lipinski definition) is 2. The van der Waals surface area contributed by atoms with Crippen molar-refractivity contribution in [3.05, 3.63) is 29.3 Å². The minimum absolute atomic E-state index is 0.251. The van der Waals surface area contributed by atoms with Gasteiger partial charge < -0.3 is 15.0 Å². The summed E-state index contributed by atoms with van der Waals surface area (Å²) in [6, 6.07) is 6.34. The topological polar surface area (TPSA) is 80.2 Å². The van der Waals surface area contributed by atoms with E-state index >= 15 is 0 Å². The zero-order valence-corrected chi connectivity index (χ0v) is 15.2. The molecular formula is C15H23ClN3O4S+. The Hall–Kier alpha value is -1.35. The first-order chi connectivity index (χ1) is 11.4. The fourth-order valence-electron chi connectivity index (χ4n) is 2.48. The summed E-state index contributed by atoms with van der Waals surface area (Å²) < 4.78 is 30.3. The van der Waals surface area contributed by atoms with Crippen LogP contribution in [0.15, 0.2) is 24.3 Å². The molecule has 0 aromatic heterocycles. The van der Waals surface area contributed by atoms with Crippen LogP contribution in [-0.4, -0.2) is 66.5 Å². The first-order valence-corrected chi connectivity index (χ1v) is 10.00. The molecule has 24 heavy (non-hydrogen) atoms. The van der Waals surface area contributed by atoms with Gasteiger partial charge in [0.2, 0.25) is 15.9 Å². The molecule has 1 saturated heterocycles. The summed E-state index contributed by atoms with van der Waals surface area (Å²) in [4.78, 5) is 13.5. The van der Waals surface area contributed by atoms with Gasteiger partial charge in [0.1, 0.15) is 19.6 Å². The van der Waals surface area contributed by atoms with Gasteiger partial charge in [0.05, 0.1) is 38.2 Å². The number of nitrogens with zero attached hydrogens (tertiary/aromatic N) is 1. The number of rotatable bonds is 7. The maximum atomic E-state index is 12.1. The van der Waals surface area contributed by atoms with E-state index < -0.39 is 10.0 Å². The highest BCUT2D eigenvalue weighted by molar-refractivity contribution is 7.92. The zero-order valence-electron chi connectivity index (χ0n) is 13.6. The molecule has 9 heteroatoms. The summed E-state index contributed by atoms with van der Waals surface area (Å²) in [6.45, 7) is 4.38. The normalized spacial score (nSPS) is 15.9. The Morgan fingerprint density at radius 3 is 2.50 bits per heavy atom. The quantitative estimate of drug-likeness (QED) is 0.649. The van der Waals surface area contributed by atoms with Crippen molar-refractivity contribution in [2.45, 2.75) is 0 Å². The molecular weight excluding hydrogens is 354 g/mol. The van der Waals surface area contributed by atoms with Crippen molar-refractivity contribution in [1.82, 2.24) is 5.32 Å². The molecule has 0 spiro atoms. The molecule has 1 aliphatic rings. The number of quaternary nitrogens is 1. The molecule has 0 bridgehead atoms. The zero-order chi connectivity index (χ0) is 17.6. The predicted molar refractivity (Wildman–Crippen MR) is 93.0 cm³/mol. The Bertz CT molecular complexity index is 645. The summed E-state index contributed by atoms with van der Waals surface area (Å²) in [5, 5.41) is 3.29. The molecule has 0 saturated carbocycles. The van der Waals surface area contributed by atoms with Crippen molar-refractivity contribution >= 4 is 33.2 Å². The van der Waals surface area contributed by atoms with E-state index in [1.54, 1.807) is 24.3 Å². The highest BCUT2D eigenvalue weighted by Gasteiger charge is 2.21. The van der Waals surface area contributed by atoms with Gasteiger partial charge >= 0.3 is 0 Å². The lowest BCUT2D eigenvalue weighted by atomic mass is 10.3. The van der Waals surface area contributed by atoms with Gasteiger partial charge in [0.25, 0.3) is 0 Å². The lowest BCUT2D eigenvalue weighted by molar-refractivity contribution is -0.906. The van der Waals surface area contributed by atoms with E-state index in [9.17, 15) is 13.2 Å². The monoisotopic (exact) mass is 376 g/mol. The third kappa shape index (κ3) is 5.94. The number of nitrogens with one attached hydrogen (secondary N) is 2. The molecule has 0 unspecified atom stereocenters.